The van der Waals surface area contributed by atoms with Gasteiger partial charge in [0.25, 0.3) is 0 Å². The minimum absolute atomic E-state index is 0.0331. The molecule has 0 aliphatic carbocycles. The maximum atomic E-state index is 11.6. The molecule has 2 nitrogen and oxygen atoms in total. The van der Waals surface area contributed by atoms with E-state index in [2.05, 4.69) is 4.98 Å². The smallest absolute Gasteiger partial charge is 0.188 e. The van der Waals surface area contributed by atoms with Gasteiger partial charge < -0.3 is 0 Å². The molecule has 0 unspecified atom stereocenters. The zero-order chi connectivity index (χ0) is 10.3. The SMILES string of the molecule is [O]c1cccc2nc3ccccc3cc12. The lowest BCUT2D eigenvalue weighted by molar-refractivity contribution is 0.360. The lowest BCUT2D eigenvalue weighted by Gasteiger charge is -2.01. The van der Waals surface area contributed by atoms with Crippen LogP contribution in [0.1, 0.15) is 0 Å². The lowest BCUT2D eigenvalue weighted by atomic mass is 10.1. The average Bonchev–Trinajstić information content (AvgIpc) is 2.27. The van der Waals surface area contributed by atoms with Crippen molar-refractivity contribution < 1.29 is 5.11 Å². The number of hydrogen-bond acceptors (Lipinski definition) is 1. The Bertz CT molecular complexity index is 646. The molecule has 0 saturated heterocycles. The fraction of sp³-hybridized carbons (Fsp3) is 0. The van der Waals surface area contributed by atoms with E-state index in [-0.39, 0.29) is 5.75 Å². The van der Waals surface area contributed by atoms with Gasteiger partial charge in [0.15, 0.2) is 5.75 Å². The monoisotopic (exact) mass is 194 g/mol. The second-order valence-electron chi connectivity index (χ2n) is 3.50. The Labute approximate surface area is 86.8 Å². The van der Waals surface area contributed by atoms with E-state index in [4.69, 9.17) is 0 Å². The van der Waals surface area contributed by atoms with E-state index in [1.54, 1.807) is 12.1 Å². The second kappa shape index (κ2) is 2.95. The fourth-order valence-electron chi connectivity index (χ4n) is 1.77. The first-order chi connectivity index (χ1) is 7.34. The van der Waals surface area contributed by atoms with Gasteiger partial charge in [-0.1, -0.05) is 24.3 Å². The molecular formula is C13H8NO. The summed E-state index contributed by atoms with van der Waals surface area (Å²) in [4.78, 5) is 4.44. The van der Waals surface area contributed by atoms with Crippen LogP contribution in [0.4, 0.5) is 0 Å². The highest BCUT2D eigenvalue weighted by atomic mass is 16.3. The van der Waals surface area contributed by atoms with E-state index in [1.165, 1.54) is 0 Å². The van der Waals surface area contributed by atoms with Crippen LogP contribution < -0.4 is 0 Å². The predicted octanol–water partition coefficient (Wildman–Crippen LogP) is 3.53. The molecule has 0 N–H and O–H groups in total. The molecule has 1 aromatic heterocycles. The quantitative estimate of drug-likeness (QED) is 0.504. The first kappa shape index (κ1) is 8.24. The van der Waals surface area contributed by atoms with E-state index in [9.17, 15) is 5.11 Å². The molecule has 3 rings (SSSR count). The standard InChI is InChI=1S/C13H8NO/c15-13-7-3-6-12-10(13)8-9-4-1-2-5-11(9)14-12/h1-8H. The van der Waals surface area contributed by atoms with Crippen LogP contribution >= 0.6 is 0 Å². The summed E-state index contributed by atoms with van der Waals surface area (Å²) in [6.45, 7) is 0. The van der Waals surface area contributed by atoms with Crippen LogP contribution in [0.5, 0.6) is 5.75 Å². The van der Waals surface area contributed by atoms with Gasteiger partial charge in [0, 0.05) is 10.8 Å². The molecule has 0 aliphatic rings. The van der Waals surface area contributed by atoms with Gasteiger partial charge in [0.05, 0.1) is 11.0 Å². The Balaban J connectivity index is 2.53. The molecule has 0 bridgehead atoms. The Kier molecular flexibility index (Phi) is 1.62. The van der Waals surface area contributed by atoms with Crippen LogP contribution in [0.25, 0.3) is 21.8 Å². The number of nitrogens with zero attached hydrogens (tertiary/aromatic N) is 1. The number of hydrogen-bond donors (Lipinski definition) is 0. The van der Waals surface area contributed by atoms with Crippen LogP contribution in [0.2, 0.25) is 0 Å². The molecule has 0 saturated carbocycles. The summed E-state index contributed by atoms with van der Waals surface area (Å²) in [5, 5.41) is 13.3. The van der Waals surface area contributed by atoms with Gasteiger partial charge in [0.2, 0.25) is 0 Å². The second-order valence-corrected chi connectivity index (χ2v) is 3.50. The summed E-state index contributed by atoms with van der Waals surface area (Å²) in [6.07, 6.45) is 0. The molecular weight excluding hydrogens is 186 g/mol. The lowest BCUT2D eigenvalue weighted by Crippen LogP contribution is -1.81. The van der Waals surface area contributed by atoms with Crippen molar-refractivity contribution in [2.75, 3.05) is 0 Å². The van der Waals surface area contributed by atoms with Crippen molar-refractivity contribution in [1.82, 2.24) is 4.98 Å². The van der Waals surface area contributed by atoms with Crippen molar-refractivity contribution in [3.8, 4) is 5.75 Å². The van der Waals surface area contributed by atoms with Crippen molar-refractivity contribution >= 4 is 21.8 Å². The minimum Gasteiger partial charge on any atom is -0.289 e. The maximum absolute atomic E-state index is 11.6. The molecule has 0 aliphatic heterocycles. The maximum Gasteiger partial charge on any atom is 0.188 e. The third-order valence-corrected chi connectivity index (χ3v) is 2.52. The Morgan fingerprint density at radius 2 is 1.67 bits per heavy atom. The van der Waals surface area contributed by atoms with Crippen LogP contribution in [0, 0.1) is 0 Å². The minimum atomic E-state index is 0.0331. The Hall–Kier alpha value is -2.09. The highest BCUT2D eigenvalue weighted by Gasteiger charge is 2.03. The molecule has 1 radical (unpaired) electrons. The highest BCUT2D eigenvalue weighted by molar-refractivity contribution is 5.95. The number of benzene rings is 2. The molecule has 0 fully saturated rings. The van der Waals surface area contributed by atoms with Gasteiger partial charge in [0.1, 0.15) is 0 Å². The summed E-state index contributed by atoms with van der Waals surface area (Å²) >= 11 is 0. The van der Waals surface area contributed by atoms with Gasteiger partial charge >= 0.3 is 0 Å². The van der Waals surface area contributed by atoms with Crippen molar-refractivity contribution in [3.63, 3.8) is 0 Å². The van der Waals surface area contributed by atoms with E-state index in [0.29, 0.717) is 5.39 Å². The van der Waals surface area contributed by atoms with E-state index < -0.39 is 0 Å². The third kappa shape index (κ3) is 1.22. The summed E-state index contributed by atoms with van der Waals surface area (Å²) < 4.78 is 0. The van der Waals surface area contributed by atoms with Crippen molar-refractivity contribution in [2.45, 2.75) is 0 Å². The first-order valence-corrected chi connectivity index (χ1v) is 4.80. The van der Waals surface area contributed by atoms with Crippen LogP contribution in [0.15, 0.2) is 48.5 Å². The average molecular weight is 194 g/mol. The van der Waals surface area contributed by atoms with Gasteiger partial charge in [-0.15, -0.1) is 0 Å². The van der Waals surface area contributed by atoms with E-state index in [0.717, 1.165) is 16.4 Å². The highest BCUT2D eigenvalue weighted by Crippen LogP contribution is 2.26. The molecule has 0 amide bonds. The largest absolute Gasteiger partial charge is 0.289 e. The van der Waals surface area contributed by atoms with Crippen molar-refractivity contribution in [1.29, 1.82) is 0 Å². The third-order valence-electron chi connectivity index (χ3n) is 2.52. The summed E-state index contributed by atoms with van der Waals surface area (Å²) in [7, 11) is 0. The number of aromatic nitrogens is 1. The van der Waals surface area contributed by atoms with Crippen LogP contribution in [0.3, 0.4) is 0 Å². The van der Waals surface area contributed by atoms with E-state index in [1.807, 2.05) is 36.4 Å². The number of rotatable bonds is 0. The molecule has 15 heavy (non-hydrogen) atoms. The van der Waals surface area contributed by atoms with Gasteiger partial charge in [-0.25, -0.2) is 4.98 Å². The number of para-hydroxylation sites is 1. The number of pyridine rings is 1. The molecule has 2 aromatic carbocycles. The summed E-state index contributed by atoms with van der Waals surface area (Å²) in [6, 6.07) is 14.9. The zero-order valence-electron chi connectivity index (χ0n) is 7.97. The normalized spacial score (nSPS) is 10.9. The molecule has 1 heterocycles. The topological polar surface area (TPSA) is 32.8 Å². The Morgan fingerprint density at radius 3 is 2.60 bits per heavy atom. The predicted molar refractivity (Wildman–Crippen MR) is 59.4 cm³/mol. The fourth-order valence-corrected chi connectivity index (χ4v) is 1.77. The van der Waals surface area contributed by atoms with Gasteiger partial charge in [-0.2, -0.15) is 0 Å². The first-order valence-electron chi connectivity index (χ1n) is 4.80. The van der Waals surface area contributed by atoms with Gasteiger partial charge in [-0.05, 0) is 24.3 Å². The molecule has 71 valence electrons. The summed E-state index contributed by atoms with van der Waals surface area (Å²) in [5.74, 6) is 0.0331. The van der Waals surface area contributed by atoms with Crippen LogP contribution in [-0.2, 0) is 5.11 Å². The molecule has 3 aromatic rings. The zero-order valence-corrected chi connectivity index (χ0v) is 7.97. The summed E-state index contributed by atoms with van der Waals surface area (Å²) in [5.41, 5.74) is 1.69. The number of fused-ring (bicyclic) bond motifs is 2. The molecule has 2 heteroatoms. The van der Waals surface area contributed by atoms with Gasteiger partial charge in [-0.3, -0.25) is 5.11 Å². The molecule has 0 atom stereocenters. The van der Waals surface area contributed by atoms with E-state index >= 15 is 0 Å². The van der Waals surface area contributed by atoms with Crippen molar-refractivity contribution in [2.24, 2.45) is 0 Å². The molecule has 0 spiro atoms. The Morgan fingerprint density at radius 1 is 0.867 bits per heavy atom. The van der Waals surface area contributed by atoms with Crippen LogP contribution in [-0.4, -0.2) is 4.98 Å². The van der Waals surface area contributed by atoms with Crippen molar-refractivity contribution in [3.05, 3.63) is 48.5 Å².